The van der Waals surface area contributed by atoms with E-state index < -0.39 is 0 Å². The first-order valence-electron chi connectivity index (χ1n) is 5.58. The Hall–Kier alpha value is -0.690. The van der Waals surface area contributed by atoms with Crippen molar-refractivity contribution in [2.45, 2.75) is 37.0 Å². The number of methoxy groups -OCH3 is 1. The highest BCUT2D eigenvalue weighted by Crippen LogP contribution is 2.38. The van der Waals surface area contributed by atoms with Crippen LogP contribution in [-0.4, -0.2) is 12.5 Å². The van der Waals surface area contributed by atoms with Gasteiger partial charge < -0.3 is 4.74 Å². The SMILES string of the molecule is COc1ccccc1C1CCCC(Cl)C1. The zero-order valence-electron chi connectivity index (χ0n) is 9.08. The molecule has 2 unspecified atom stereocenters. The number of ether oxygens (including phenoxy) is 1. The summed E-state index contributed by atoms with van der Waals surface area (Å²) >= 11 is 6.22. The monoisotopic (exact) mass is 224 g/mol. The van der Waals surface area contributed by atoms with Crippen molar-refractivity contribution in [3.63, 3.8) is 0 Å². The minimum atomic E-state index is 0.341. The molecule has 0 amide bonds. The van der Waals surface area contributed by atoms with Crippen molar-refractivity contribution in [2.75, 3.05) is 7.11 Å². The van der Waals surface area contributed by atoms with Gasteiger partial charge >= 0.3 is 0 Å². The van der Waals surface area contributed by atoms with Crippen molar-refractivity contribution >= 4 is 11.6 Å². The van der Waals surface area contributed by atoms with Crippen LogP contribution in [0.5, 0.6) is 5.75 Å². The molecular formula is C13H17ClO. The Morgan fingerprint density at radius 1 is 1.27 bits per heavy atom. The van der Waals surface area contributed by atoms with Crippen LogP contribution in [0.3, 0.4) is 0 Å². The third-order valence-corrected chi connectivity index (χ3v) is 3.59. The fraction of sp³-hybridized carbons (Fsp3) is 0.538. The van der Waals surface area contributed by atoms with E-state index in [1.807, 2.05) is 12.1 Å². The Kier molecular flexibility index (Phi) is 3.53. The van der Waals surface area contributed by atoms with Gasteiger partial charge in [-0.3, -0.25) is 0 Å². The Bertz CT molecular complexity index is 324. The van der Waals surface area contributed by atoms with Crippen LogP contribution in [0.4, 0.5) is 0 Å². The second kappa shape index (κ2) is 4.89. The molecule has 1 nitrogen and oxygen atoms in total. The molecule has 2 rings (SSSR count). The van der Waals surface area contributed by atoms with Gasteiger partial charge in [-0.1, -0.05) is 24.6 Å². The van der Waals surface area contributed by atoms with Gasteiger partial charge in [-0.05, 0) is 36.8 Å². The fourth-order valence-corrected chi connectivity index (χ4v) is 2.79. The minimum Gasteiger partial charge on any atom is -0.496 e. The van der Waals surface area contributed by atoms with Crippen LogP contribution in [0.2, 0.25) is 0 Å². The summed E-state index contributed by atoms with van der Waals surface area (Å²) in [4.78, 5) is 0. The average Bonchev–Trinajstić information content (AvgIpc) is 2.29. The van der Waals surface area contributed by atoms with E-state index in [1.54, 1.807) is 7.11 Å². The number of halogens is 1. The average molecular weight is 225 g/mol. The summed E-state index contributed by atoms with van der Waals surface area (Å²) in [6.07, 6.45) is 4.72. The van der Waals surface area contributed by atoms with Gasteiger partial charge in [-0.2, -0.15) is 0 Å². The summed E-state index contributed by atoms with van der Waals surface area (Å²) in [5.41, 5.74) is 1.32. The first-order chi connectivity index (χ1) is 7.31. The van der Waals surface area contributed by atoms with E-state index in [2.05, 4.69) is 12.1 Å². The highest BCUT2D eigenvalue weighted by molar-refractivity contribution is 6.20. The van der Waals surface area contributed by atoms with Crippen LogP contribution in [0.25, 0.3) is 0 Å². The summed E-state index contributed by atoms with van der Waals surface area (Å²) in [5.74, 6) is 1.59. The quantitative estimate of drug-likeness (QED) is 0.691. The standard InChI is InChI=1S/C13H17ClO/c1-15-13-8-3-2-7-12(13)10-5-4-6-11(14)9-10/h2-3,7-8,10-11H,4-6,9H2,1H3. The van der Waals surface area contributed by atoms with E-state index in [9.17, 15) is 0 Å². The van der Waals surface area contributed by atoms with Crippen molar-refractivity contribution in [3.05, 3.63) is 29.8 Å². The maximum atomic E-state index is 6.22. The molecule has 82 valence electrons. The first-order valence-corrected chi connectivity index (χ1v) is 6.02. The van der Waals surface area contributed by atoms with Crippen LogP contribution < -0.4 is 4.74 Å². The molecule has 1 aliphatic rings. The van der Waals surface area contributed by atoms with E-state index >= 15 is 0 Å². The van der Waals surface area contributed by atoms with E-state index in [1.165, 1.54) is 18.4 Å². The lowest BCUT2D eigenvalue weighted by molar-refractivity contribution is 0.388. The lowest BCUT2D eigenvalue weighted by Gasteiger charge is -2.26. The van der Waals surface area contributed by atoms with Gasteiger partial charge in [0.1, 0.15) is 5.75 Å². The number of rotatable bonds is 2. The van der Waals surface area contributed by atoms with Crippen molar-refractivity contribution < 1.29 is 4.74 Å². The Morgan fingerprint density at radius 2 is 2.07 bits per heavy atom. The number of hydrogen-bond acceptors (Lipinski definition) is 1. The van der Waals surface area contributed by atoms with Gasteiger partial charge in [0.05, 0.1) is 7.11 Å². The molecule has 2 atom stereocenters. The topological polar surface area (TPSA) is 9.23 Å². The van der Waals surface area contributed by atoms with E-state index in [0.29, 0.717) is 11.3 Å². The van der Waals surface area contributed by atoms with Crippen LogP contribution >= 0.6 is 11.6 Å². The van der Waals surface area contributed by atoms with E-state index in [0.717, 1.165) is 18.6 Å². The van der Waals surface area contributed by atoms with Gasteiger partial charge in [0.2, 0.25) is 0 Å². The molecule has 1 aromatic carbocycles. The minimum absolute atomic E-state index is 0.341. The molecular weight excluding hydrogens is 208 g/mol. The third kappa shape index (κ3) is 2.46. The Morgan fingerprint density at radius 3 is 2.80 bits per heavy atom. The number of benzene rings is 1. The van der Waals surface area contributed by atoms with Gasteiger partial charge in [0.15, 0.2) is 0 Å². The highest BCUT2D eigenvalue weighted by Gasteiger charge is 2.23. The highest BCUT2D eigenvalue weighted by atomic mass is 35.5. The molecule has 0 heterocycles. The Labute approximate surface area is 96.4 Å². The third-order valence-electron chi connectivity index (χ3n) is 3.19. The second-order valence-electron chi connectivity index (χ2n) is 4.20. The summed E-state index contributed by atoms with van der Waals surface area (Å²) in [5, 5.41) is 0.341. The molecule has 0 saturated heterocycles. The van der Waals surface area contributed by atoms with Crippen molar-refractivity contribution in [1.29, 1.82) is 0 Å². The van der Waals surface area contributed by atoms with Gasteiger partial charge in [-0.15, -0.1) is 11.6 Å². The lowest BCUT2D eigenvalue weighted by atomic mass is 9.83. The maximum Gasteiger partial charge on any atom is 0.122 e. The predicted octanol–water partition coefficient (Wildman–Crippen LogP) is 3.96. The molecule has 1 aliphatic carbocycles. The van der Waals surface area contributed by atoms with Gasteiger partial charge in [0.25, 0.3) is 0 Å². The molecule has 0 radical (unpaired) electrons. The molecule has 0 aliphatic heterocycles. The normalized spacial score (nSPS) is 26.3. The number of para-hydroxylation sites is 1. The Balaban J connectivity index is 2.20. The van der Waals surface area contributed by atoms with Crippen molar-refractivity contribution in [3.8, 4) is 5.75 Å². The van der Waals surface area contributed by atoms with Gasteiger partial charge in [-0.25, -0.2) is 0 Å². The molecule has 1 saturated carbocycles. The number of hydrogen-bond donors (Lipinski definition) is 0. The van der Waals surface area contributed by atoms with Gasteiger partial charge in [0, 0.05) is 5.38 Å². The van der Waals surface area contributed by atoms with Crippen LogP contribution in [0, 0.1) is 0 Å². The first kappa shape index (κ1) is 10.8. The summed E-state index contributed by atoms with van der Waals surface area (Å²) in [7, 11) is 1.74. The molecule has 0 aromatic heterocycles. The van der Waals surface area contributed by atoms with E-state index in [-0.39, 0.29) is 0 Å². The van der Waals surface area contributed by atoms with Crippen molar-refractivity contribution in [2.24, 2.45) is 0 Å². The number of alkyl halides is 1. The molecule has 2 heteroatoms. The molecule has 1 fully saturated rings. The lowest BCUT2D eigenvalue weighted by Crippen LogP contribution is -2.14. The van der Waals surface area contributed by atoms with Crippen molar-refractivity contribution in [1.82, 2.24) is 0 Å². The molecule has 0 spiro atoms. The van der Waals surface area contributed by atoms with E-state index in [4.69, 9.17) is 16.3 Å². The van der Waals surface area contributed by atoms with Crippen LogP contribution in [0.15, 0.2) is 24.3 Å². The predicted molar refractivity (Wildman–Crippen MR) is 63.8 cm³/mol. The zero-order chi connectivity index (χ0) is 10.7. The zero-order valence-corrected chi connectivity index (χ0v) is 9.83. The summed E-state index contributed by atoms with van der Waals surface area (Å²) < 4.78 is 5.39. The maximum absolute atomic E-state index is 6.22. The molecule has 1 aromatic rings. The van der Waals surface area contributed by atoms with Crippen LogP contribution in [0.1, 0.15) is 37.2 Å². The summed E-state index contributed by atoms with van der Waals surface area (Å²) in [6, 6.07) is 8.30. The fourth-order valence-electron chi connectivity index (χ4n) is 2.42. The second-order valence-corrected chi connectivity index (χ2v) is 4.82. The summed E-state index contributed by atoms with van der Waals surface area (Å²) in [6.45, 7) is 0. The molecule has 0 bridgehead atoms. The smallest absolute Gasteiger partial charge is 0.122 e. The largest absolute Gasteiger partial charge is 0.496 e. The molecule has 0 N–H and O–H groups in total. The molecule has 15 heavy (non-hydrogen) atoms. The van der Waals surface area contributed by atoms with Crippen LogP contribution in [-0.2, 0) is 0 Å².